The molecule has 0 aromatic carbocycles. The molecule has 86 valence electrons. The van der Waals surface area contributed by atoms with E-state index in [4.69, 9.17) is 5.73 Å². The molecule has 0 amide bonds. The first kappa shape index (κ1) is 11.4. The Morgan fingerprint density at radius 3 is 2.81 bits per heavy atom. The quantitative estimate of drug-likeness (QED) is 0.829. The highest BCUT2D eigenvalue weighted by atomic mass is 32.2. The van der Waals surface area contributed by atoms with Crippen molar-refractivity contribution in [2.45, 2.75) is 10.8 Å². The van der Waals surface area contributed by atoms with Gasteiger partial charge in [-0.25, -0.2) is 8.42 Å². The predicted molar refractivity (Wildman–Crippen MR) is 60.7 cm³/mol. The van der Waals surface area contributed by atoms with Crippen molar-refractivity contribution in [3.63, 3.8) is 0 Å². The lowest BCUT2D eigenvalue weighted by Gasteiger charge is -1.99. The summed E-state index contributed by atoms with van der Waals surface area (Å²) in [6, 6.07) is 3.18. The maximum Gasteiger partial charge on any atom is 0.273 e. The summed E-state index contributed by atoms with van der Waals surface area (Å²) < 4.78 is 29.5. The Morgan fingerprint density at radius 2 is 2.25 bits per heavy atom. The summed E-state index contributed by atoms with van der Waals surface area (Å²) in [5.41, 5.74) is 5.41. The van der Waals surface area contributed by atoms with Gasteiger partial charge < -0.3 is 5.73 Å². The first-order valence-corrected chi connectivity index (χ1v) is 7.16. The Bertz CT molecular complexity index is 561. The zero-order valence-electron chi connectivity index (χ0n) is 7.82. The Balaban J connectivity index is 2.25. The molecule has 3 N–H and O–H groups in total. The van der Waals surface area contributed by atoms with E-state index >= 15 is 0 Å². The van der Waals surface area contributed by atoms with Crippen LogP contribution in [0.5, 0.6) is 0 Å². The Labute approximate surface area is 99.5 Å². The average Bonchev–Trinajstić information content (AvgIpc) is 2.85. The fourth-order valence-electron chi connectivity index (χ4n) is 0.951. The molecule has 0 saturated heterocycles. The van der Waals surface area contributed by atoms with Crippen molar-refractivity contribution in [1.29, 1.82) is 0 Å². The summed E-state index contributed by atoms with van der Waals surface area (Å²) in [5, 5.41) is 6.94. The lowest BCUT2D eigenvalue weighted by molar-refractivity contribution is 0.603. The van der Waals surface area contributed by atoms with Gasteiger partial charge in [-0.3, -0.25) is 4.72 Å². The predicted octanol–water partition coefficient (Wildman–Crippen LogP) is 0.254. The number of nitrogens with one attached hydrogen (secondary N) is 1. The number of hydrogen-bond acceptors (Lipinski definition) is 8. The van der Waals surface area contributed by atoms with E-state index < -0.39 is 10.0 Å². The summed E-state index contributed by atoms with van der Waals surface area (Å²) >= 11 is 2.00. The molecule has 0 aliphatic carbocycles. The lowest BCUT2D eigenvalue weighted by atomic mass is 10.5. The minimum absolute atomic E-state index is 0.141. The summed E-state index contributed by atoms with van der Waals surface area (Å²) in [4.78, 5) is 0.802. The first-order valence-electron chi connectivity index (χ1n) is 4.08. The van der Waals surface area contributed by atoms with Gasteiger partial charge in [-0.05, 0) is 17.3 Å². The minimum atomic E-state index is -3.59. The van der Waals surface area contributed by atoms with E-state index in [1.807, 2.05) is 0 Å². The number of sulfonamides is 1. The van der Waals surface area contributed by atoms with Crippen LogP contribution in [0.25, 0.3) is 0 Å². The molecule has 0 aliphatic rings. The average molecular weight is 277 g/mol. The fourth-order valence-corrected chi connectivity index (χ4v) is 3.77. The van der Waals surface area contributed by atoms with E-state index in [-0.39, 0.29) is 9.34 Å². The van der Waals surface area contributed by atoms with Crippen LogP contribution in [0.1, 0.15) is 4.88 Å². The molecular weight excluding hydrogens is 270 g/mol. The highest BCUT2D eigenvalue weighted by Crippen LogP contribution is 2.23. The van der Waals surface area contributed by atoms with E-state index in [1.165, 1.54) is 6.07 Å². The van der Waals surface area contributed by atoms with Crippen LogP contribution in [0.4, 0.5) is 5.13 Å². The van der Waals surface area contributed by atoms with Crippen molar-refractivity contribution in [3.8, 4) is 0 Å². The molecule has 16 heavy (non-hydrogen) atoms. The molecule has 0 spiro atoms. The maximum atomic E-state index is 11.8. The SMILES string of the molecule is NCc1ccc(S(=O)(=O)Nc2nnns2)s1. The third kappa shape index (κ3) is 2.35. The topological polar surface area (TPSA) is 111 Å². The molecule has 7 nitrogen and oxygen atoms in total. The van der Waals surface area contributed by atoms with Crippen LogP contribution in [0.2, 0.25) is 0 Å². The largest absolute Gasteiger partial charge is 0.326 e. The number of rotatable bonds is 4. The minimum Gasteiger partial charge on any atom is -0.326 e. The zero-order valence-corrected chi connectivity index (χ0v) is 10.3. The zero-order chi connectivity index (χ0) is 11.6. The van der Waals surface area contributed by atoms with Crippen LogP contribution in [-0.2, 0) is 16.6 Å². The summed E-state index contributed by atoms with van der Waals surface area (Å²) in [6.45, 7) is 0.320. The van der Waals surface area contributed by atoms with Gasteiger partial charge >= 0.3 is 0 Å². The van der Waals surface area contributed by atoms with E-state index in [1.54, 1.807) is 6.07 Å². The molecule has 0 atom stereocenters. The molecule has 0 bridgehead atoms. The molecule has 0 saturated carbocycles. The van der Waals surface area contributed by atoms with Gasteiger partial charge in [0.15, 0.2) is 0 Å². The van der Waals surface area contributed by atoms with Crippen LogP contribution < -0.4 is 10.5 Å². The number of anilines is 1. The van der Waals surface area contributed by atoms with E-state index in [9.17, 15) is 8.42 Å². The molecule has 2 aromatic rings. The van der Waals surface area contributed by atoms with Crippen molar-refractivity contribution in [2.75, 3.05) is 4.72 Å². The van der Waals surface area contributed by atoms with Crippen LogP contribution in [-0.4, -0.2) is 23.2 Å². The number of aromatic nitrogens is 3. The molecule has 2 heterocycles. The van der Waals surface area contributed by atoms with Crippen molar-refractivity contribution in [2.24, 2.45) is 5.73 Å². The van der Waals surface area contributed by atoms with E-state index in [0.29, 0.717) is 6.54 Å². The van der Waals surface area contributed by atoms with Gasteiger partial charge in [0.1, 0.15) is 4.21 Å². The molecular formula is C6H7N5O2S3. The van der Waals surface area contributed by atoms with E-state index in [0.717, 1.165) is 27.7 Å². The Hall–Kier alpha value is -1.10. The van der Waals surface area contributed by atoms with Crippen LogP contribution in [0.15, 0.2) is 16.3 Å². The standard InChI is InChI=1S/C6H7N5O2S3/c7-3-4-1-2-5(14-4)16(12,13)9-6-8-10-11-15-6/h1-2H,3,7H2,(H,8,9,11). The number of nitrogens with zero attached hydrogens (tertiary/aromatic N) is 3. The smallest absolute Gasteiger partial charge is 0.273 e. The Kier molecular flexibility index (Phi) is 3.14. The summed E-state index contributed by atoms with van der Waals surface area (Å²) in [7, 11) is -3.59. The molecule has 0 radical (unpaired) electrons. The second-order valence-corrected chi connectivity index (χ2v) is 6.51. The molecule has 0 aliphatic heterocycles. The van der Waals surface area contributed by atoms with Gasteiger partial charge in [0.2, 0.25) is 5.13 Å². The van der Waals surface area contributed by atoms with Gasteiger partial charge in [-0.1, -0.05) is 9.59 Å². The molecule has 0 fully saturated rings. The van der Waals surface area contributed by atoms with E-state index in [2.05, 4.69) is 19.5 Å². The maximum absolute atomic E-state index is 11.8. The highest BCUT2D eigenvalue weighted by molar-refractivity contribution is 7.94. The Morgan fingerprint density at radius 1 is 1.44 bits per heavy atom. The number of hydrogen-bond donors (Lipinski definition) is 2. The van der Waals surface area contributed by atoms with Gasteiger partial charge in [0.25, 0.3) is 10.0 Å². The third-order valence-corrected chi connectivity index (χ3v) is 5.20. The van der Waals surface area contributed by atoms with Crippen LogP contribution >= 0.6 is 22.9 Å². The summed E-state index contributed by atoms with van der Waals surface area (Å²) in [5.74, 6) is 0. The third-order valence-electron chi connectivity index (χ3n) is 1.62. The first-order chi connectivity index (χ1) is 7.62. The van der Waals surface area contributed by atoms with Crippen LogP contribution in [0, 0.1) is 0 Å². The number of nitrogens with two attached hydrogens (primary N) is 1. The van der Waals surface area contributed by atoms with Crippen molar-refractivity contribution >= 4 is 38.0 Å². The normalized spacial score (nSPS) is 11.6. The van der Waals surface area contributed by atoms with Crippen molar-refractivity contribution in [1.82, 2.24) is 14.8 Å². The van der Waals surface area contributed by atoms with Gasteiger partial charge in [-0.2, -0.15) is 0 Å². The van der Waals surface area contributed by atoms with Crippen molar-refractivity contribution in [3.05, 3.63) is 17.0 Å². The van der Waals surface area contributed by atoms with Gasteiger partial charge in [0, 0.05) is 23.0 Å². The second-order valence-electron chi connectivity index (χ2n) is 2.70. The number of thiophene rings is 1. The lowest BCUT2D eigenvalue weighted by Crippen LogP contribution is -2.11. The second kappa shape index (κ2) is 4.41. The monoisotopic (exact) mass is 277 g/mol. The highest BCUT2D eigenvalue weighted by Gasteiger charge is 2.18. The molecule has 10 heteroatoms. The van der Waals surface area contributed by atoms with Crippen molar-refractivity contribution < 1.29 is 8.42 Å². The summed E-state index contributed by atoms with van der Waals surface area (Å²) in [6.07, 6.45) is 0. The fraction of sp³-hybridized carbons (Fsp3) is 0.167. The van der Waals surface area contributed by atoms with Gasteiger partial charge in [-0.15, -0.1) is 11.3 Å². The molecule has 2 aromatic heterocycles. The molecule has 0 unspecified atom stereocenters. The van der Waals surface area contributed by atoms with Gasteiger partial charge in [0.05, 0.1) is 0 Å². The molecule has 2 rings (SSSR count). The van der Waals surface area contributed by atoms with Crippen LogP contribution in [0.3, 0.4) is 0 Å².